The molecule has 6 aliphatic heterocycles. The minimum atomic E-state index is -2.29. The summed E-state index contributed by atoms with van der Waals surface area (Å²) in [5.41, 5.74) is 0.378. The third-order valence-electron chi connectivity index (χ3n) is 15.2. The summed E-state index contributed by atoms with van der Waals surface area (Å²) in [6.07, 6.45) is 7.19. The van der Waals surface area contributed by atoms with Crippen LogP contribution in [0.2, 0.25) is 0 Å². The average molecular weight is 809 g/mol. The highest BCUT2D eigenvalue weighted by Crippen LogP contribution is 2.68. The molecule has 10 rings (SSSR count). The fraction of sp³-hybridized carbons (Fsp3) is 0.543. The molecule has 314 valence electrons. The van der Waals surface area contributed by atoms with Gasteiger partial charge in [-0.15, -0.1) is 0 Å². The Kier molecular flexibility index (Phi) is 9.39. The minimum Gasteiger partial charge on any atom is -0.496 e. The second kappa shape index (κ2) is 13.9. The quantitative estimate of drug-likeness (QED) is 0.130. The van der Waals surface area contributed by atoms with Crippen molar-refractivity contribution in [2.75, 3.05) is 66.0 Å². The molecule has 10 atom stereocenters. The minimum absolute atomic E-state index is 0.297. The van der Waals surface area contributed by atoms with E-state index in [0.29, 0.717) is 62.3 Å². The van der Waals surface area contributed by atoms with Gasteiger partial charge in [0.25, 0.3) is 0 Å². The van der Waals surface area contributed by atoms with E-state index in [4.69, 9.17) is 18.9 Å². The highest BCUT2D eigenvalue weighted by atomic mass is 16.6. The first kappa shape index (κ1) is 39.8. The first-order valence-corrected chi connectivity index (χ1v) is 21.0. The van der Waals surface area contributed by atoms with E-state index in [1.807, 2.05) is 68.3 Å². The zero-order chi connectivity index (χ0) is 41.8. The molecule has 2 aromatic carbocycles. The molecule has 59 heavy (non-hydrogen) atoms. The summed E-state index contributed by atoms with van der Waals surface area (Å²) >= 11 is 0. The summed E-state index contributed by atoms with van der Waals surface area (Å²) in [6, 6.07) is 10.9. The van der Waals surface area contributed by atoms with Crippen LogP contribution in [0.4, 0.5) is 5.69 Å². The first-order chi connectivity index (χ1) is 28.3. The van der Waals surface area contributed by atoms with Gasteiger partial charge in [0.05, 0.1) is 38.5 Å². The van der Waals surface area contributed by atoms with Crippen LogP contribution in [0, 0.1) is 11.3 Å². The zero-order valence-electron chi connectivity index (χ0n) is 35.0. The number of likely N-dealkylation sites (N-methyl/N-ethyl adjacent to an activating group) is 1. The largest absolute Gasteiger partial charge is 0.496 e. The Morgan fingerprint density at radius 1 is 1.02 bits per heavy atom. The van der Waals surface area contributed by atoms with Crippen LogP contribution < -0.4 is 9.64 Å². The lowest BCUT2D eigenvalue weighted by molar-refractivity contribution is -0.228. The van der Waals surface area contributed by atoms with Gasteiger partial charge in [-0.05, 0) is 55.5 Å². The van der Waals surface area contributed by atoms with Gasteiger partial charge in [0.2, 0.25) is 5.60 Å². The summed E-state index contributed by atoms with van der Waals surface area (Å²) in [5, 5.41) is 26.9. The van der Waals surface area contributed by atoms with E-state index in [1.54, 1.807) is 7.11 Å². The standard InChI is InChI=1S/C46H56N4O9/c1-8-43-16-12-18-50-20-17-45(39(43)50)32-22-30(35(56-5)23-34(32)48(4)40(45)46(55,42(53)58-7)41(43)59-26(3)51)31(38(52)57-6)21-27-24-49-19-15-29-28-13-10-11-14-33(28)47-37(29)36(27)44(54,9-2)25-49/h10-14,16,21-23,27,36,39-41,47,54-55H,8-9,15,17-20,24-25H2,1-7H3/b31-21-. The summed E-state index contributed by atoms with van der Waals surface area (Å²) in [4.78, 5) is 51.8. The van der Waals surface area contributed by atoms with E-state index >= 15 is 0 Å². The molecule has 1 aromatic heterocycles. The van der Waals surface area contributed by atoms with Gasteiger partial charge in [-0.25, -0.2) is 9.59 Å². The Morgan fingerprint density at radius 3 is 2.49 bits per heavy atom. The van der Waals surface area contributed by atoms with Gasteiger partial charge < -0.3 is 39.0 Å². The number of nitrogens with zero attached hydrogens (tertiary/aromatic N) is 3. The van der Waals surface area contributed by atoms with E-state index in [-0.39, 0.29) is 17.9 Å². The average Bonchev–Trinajstić information content (AvgIpc) is 3.87. The van der Waals surface area contributed by atoms with Crippen molar-refractivity contribution in [2.45, 2.75) is 87.2 Å². The molecule has 1 saturated carbocycles. The smallest absolute Gasteiger partial charge is 0.344 e. The van der Waals surface area contributed by atoms with Crippen molar-refractivity contribution >= 4 is 40.1 Å². The van der Waals surface area contributed by atoms with Crippen LogP contribution in [0.25, 0.3) is 16.5 Å². The van der Waals surface area contributed by atoms with Crippen molar-refractivity contribution in [2.24, 2.45) is 11.3 Å². The van der Waals surface area contributed by atoms with E-state index in [9.17, 15) is 24.6 Å². The molecule has 1 aliphatic carbocycles. The van der Waals surface area contributed by atoms with Gasteiger partial charge in [0.1, 0.15) is 5.75 Å². The number of aromatic amines is 1. The van der Waals surface area contributed by atoms with Crippen molar-refractivity contribution in [1.82, 2.24) is 14.8 Å². The first-order valence-electron chi connectivity index (χ1n) is 21.0. The molecule has 13 heteroatoms. The maximum absolute atomic E-state index is 14.3. The predicted octanol–water partition coefficient (Wildman–Crippen LogP) is 4.09. The second-order valence-corrected chi connectivity index (χ2v) is 17.7. The number of piperidine rings is 1. The number of fused-ring (bicyclic) bond motifs is 5. The maximum atomic E-state index is 14.3. The normalized spacial score (nSPS) is 35.6. The Labute approximate surface area is 344 Å². The highest BCUT2D eigenvalue weighted by molar-refractivity contribution is 6.17. The van der Waals surface area contributed by atoms with E-state index in [0.717, 1.165) is 40.8 Å². The fourth-order valence-electron chi connectivity index (χ4n) is 13.1. The van der Waals surface area contributed by atoms with Crippen LogP contribution in [0.5, 0.6) is 5.75 Å². The third-order valence-corrected chi connectivity index (χ3v) is 15.2. The predicted molar refractivity (Wildman–Crippen MR) is 221 cm³/mol. The number of ether oxygens (including phenoxy) is 4. The molecule has 2 saturated heterocycles. The zero-order valence-corrected chi connectivity index (χ0v) is 35.0. The number of hydrogen-bond donors (Lipinski definition) is 3. The van der Waals surface area contributed by atoms with Crippen molar-refractivity contribution in [3.8, 4) is 5.75 Å². The number of aromatic nitrogens is 1. The van der Waals surface area contributed by atoms with Gasteiger partial charge in [0.15, 0.2) is 6.10 Å². The monoisotopic (exact) mass is 808 g/mol. The number of anilines is 1. The Morgan fingerprint density at radius 2 is 1.80 bits per heavy atom. The number of aliphatic hydroxyl groups is 2. The van der Waals surface area contributed by atoms with E-state index in [1.165, 1.54) is 26.7 Å². The molecule has 3 N–H and O–H groups in total. The van der Waals surface area contributed by atoms with Crippen LogP contribution >= 0.6 is 0 Å². The lowest BCUT2D eigenvalue weighted by atomic mass is 9.47. The van der Waals surface area contributed by atoms with Crippen molar-refractivity contribution in [3.05, 3.63) is 77.0 Å². The summed E-state index contributed by atoms with van der Waals surface area (Å²) in [6.45, 7) is 8.52. The Balaban J connectivity index is 1.27. The second-order valence-electron chi connectivity index (χ2n) is 17.7. The van der Waals surface area contributed by atoms with Crippen LogP contribution in [0.1, 0.15) is 68.3 Å². The van der Waals surface area contributed by atoms with Gasteiger partial charge in [-0.3, -0.25) is 14.6 Å². The number of carbonyl (C=O) groups excluding carboxylic acids is 3. The van der Waals surface area contributed by atoms with Gasteiger partial charge in [-0.1, -0.05) is 50.3 Å². The lowest BCUT2D eigenvalue weighted by Gasteiger charge is -2.63. The lowest BCUT2D eigenvalue weighted by Crippen LogP contribution is -2.81. The molecule has 0 amide bonds. The summed E-state index contributed by atoms with van der Waals surface area (Å²) in [7, 11) is 6.02. The summed E-state index contributed by atoms with van der Waals surface area (Å²) < 4.78 is 23.2. The maximum Gasteiger partial charge on any atom is 0.344 e. The molecule has 3 fully saturated rings. The number of para-hydroxylation sites is 1. The SMILES string of the molecule is CCC1(O)CN2CCc3c([nH]c4ccccc34)C1C(/C=C(\C(=O)OC)c1cc3c(cc1OC)N(C)C1C(O)(C(=O)OC)C(OC(C)=O)C4(CC)C=CCN5CCC31C54)C2. The molecule has 3 aromatic rings. The molecule has 7 heterocycles. The number of methoxy groups -OCH3 is 3. The highest BCUT2D eigenvalue weighted by Gasteiger charge is 2.80. The number of H-pyrrole nitrogens is 1. The molecular weight excluding hydrogens is 753 g/mol. The molecule has 0 radical (unpaired) electrons. The van der Waals surface area contributed by atoms with Gasteiger partial charge in [-0.2, -0.15) is 0 Å². The van der Waals surface area contributed by atoms with Crippen molar-refractivity contribution in [3.63, 3.8) is 0 Å². The number of nitrogens with one attached hydrogen (secondary N) is 1. The Hall–Kier alpha value is -4.69. The topological polar surface area (TPSA) is 154 Å². The fourth-order valence-corrected chi connectivity index (χ4v) is 13.1. The van der Waals surface area contributed by atoms with Crippen LogP contribution in [0.3, 0.4) is 0 Å². The Bertz CT molecular complexity index is 2300. The molecule has 13 nitrogen and oxygen atoms in total. The molecular formula is C46H56N4O9. The van der Waals surface area contributed by atoms with Crippen molar-refractivity contribution < 1.29 is 43.5 Å². The van der Waals surface area contributed by atoms with E-state index in [2.05, 4.69) is 26.9 Å². The van der Waals surface area contributed by atoms with Crippen LogP contribution in [0.15, 0.2) is 54.6 Å². The van der Waals surface area contributed by atoms with Crippen LogP contribution in [-0.2, 0) is 40.4 Å². The number of rotatable bonds is 8. The number of hydrogen-bond acceptors (Lipinski definition) is 12. The van der Waals surface area contributed by atoms with Gasteiger partial charge in [0, 0.05) is 103 Å². The third kappa shape index (κ3) is 5.26. The molecule has 1 spiro atoms. The molecule has 2 bridgehead atoms. The number of esters is 3. The van der Waals surface area contributed by atoms with E-state index < -0.39 is 52.1 Å². The summed E-state index contributed by atoms with van der Waals surface area (Å²) in [5.74, 6) is -2.28. The molecule has 7 aliphatic rings. The van der Waals surface area contributed by atoms with Crippen LogP contribution in [-0.4, -0.2) is 133 Å². The number of carbonyl (C=O) groups is 3. The van der Waals surface area contributed by atoms with Crippen molar-refractivity contribution in [1.29, 1.82) is 0 Å². The molecule has 10 unspecified atom stereocenters. The number of benzene rings is 2. The van der Waals surface area contributed by atoms with Gasteiger partial charge >= 0.3 is 17.9 Å².